The zero-order chi connectivity index (χ0) is 10.9. The quantitative estimate of drug-likeness (QED) is 0.384. The third-order valence-corrected chi connectivity index (χ3v) is 7.77. The van der Waals surface area contributed by atoms with Crippen molar-refractivity contribution in [1.82, 2.24) is 0 Å². The highest BCUT2D eigenvalue weighted by Crippen LogP contribution is 2.68. The lowest BCUT2D eigenvalue weighted by atomic mass is 9.39. The molecule has 3 aliphatic carbocycles. The van der Waals surface area contributed by atoms with Gasteiger partial charge in [-0.15, -0.1) is 0 Å². The van der Waals surface area contributed by atoms with Crippen LogP contribution in [0.4, 0.5) is 0 Å². The van der Waals surface area contributed by atoms with Gasteiger partial charge in [0.15, 0.2) is 0 Å². The van der Waals surface area contributed by atoms with Gasteiger partial charge in [-0.1, -0.05) is 47.6 Å². The van der Waals surface area contributed by atoms with E-state index in [0.717, 1.165) is 39.4 Å². The Morgan fingerprint density at radius 1 is 1.00 bits per heavy atom. The lowest BCUT2D eigenvalue weighted by Gasteiger charge is -2.68. The fourth-order valence-corrected chi connectivity index (χ4v) is 6.07. The molecule has 0 aromatic carbocycles. The molecule has 0 aromatic rings. The van der Waals surface area contributed by atoms with E-state index in [1.807, 2.05) is 0 Å². The molecular formula is C14H21I. The summed E-state index contributed by atoms with van der Waals surface area (Å²) < 4.78 is 0.975. The summed E-state index contributed by atoms with van der Waals surface area (Å²) in [5, 5.41) is 0. The minimum atomic E-state index is 0.964. The number of allylic oxidation sites excluding steroid dienone is 2. The highest BCUT2D eigenvalue weighted by molar-refractivity contribution is 14.1. The Labute approximate surface area is 107 Å². The van der Waals surface area contributed by atoms with Gasteiger partial charge in [0.05, 0.1) is 0 Å². The van der Waals surface area contributed by atoms with Crippen molar-refractivity contribution in [2.45, 2.75) is 38.0 Å². The maximum absolute atomic E-state index is 2.71. The van der Waals surface area contributed by atoms with Crippen LogP contribution in [0.3, 0.4) is 0 Å². The van der Waals surface area contributed by atoms with E-state index in [1.54, 1.807) is 11.1 Å². The Bertz CT molecular complexity index is 330. The SMILES string of the molecule is CC1=C(C)C(C2C(C)C3C(C)C(I)C23)C1. The largest absolute Gasteiger partial charge is 0.0820 e. The monoisotopic (exact) mass is 316 g/mol. The van der Waals surface area contributed by atoms with Crippen LogP contribution in [0.1, 0.15) is 34.1 Å². The van der Waals surface area contributed by atoms with Crippen molar-refractivity contribution in [2.75, 3.05) is 0 Å². The molecule has 3 rings (SSSR count). The summed E-state index contributed by atoms with van der Waals surface area (Å²) in [5.41, 5.74) is 3.40. The van der Waals surface area contributed by atoms with Crippen LogP contribution < -0.4 is 0 Å². The summed E-state index contributed by atoms with van der Waals surface area (Å²) in [5.74, 6) is 6.15. The van der Waals surface area contributed by atoms with Crippen molar-refractivity contribution in [3.05, 3.63) is 11.1 Å². The van der Waals surface area contributed by atoms with E-state index in [0.29, 0.717) is 0 Å². The molecule has 0 amide bonds. The van der Waals surface area contributed by atoms with Crippen molar-refractivity contribution >= 4 is 22.6 Å². The molecule has 0 aromatic heterocycles. The second-order valence-electron chi connectivity index (χ2n) is 6.17. The van der Waals surface area contributed by atoms with Gasteiger partial charge in [0.25, 0.3) is 0 Å². The second-order valence-corrected chi connectivity index (χ2v) is 7.61. The van der Waals surface area contributed by atoms with Crippen LogP contribution in [-0.4, -0.2) is 3.92 Å². The van der Waals surface area contributed by atoms with Gasteiger partial charge in [-0.3, -0.25) is 0 Å². The van der Waals surface area contributed by atoms with Gasteiger partial charge in [-0.25, -0.2) is 0 Å². The third kappa shape index (κ3) is 1.14. The Hall–Kier alpha value is 0.470. The van der Waals surface area contributed by atoms with E-state index in [2.05, 4.69) is 50.3 Å². The van der Waals surface area contributed by atoms with Crippen LogP contribution in [0.25, 0.3) is 0 Å². The Kier molecular flexibility index (Phi) is 2.29. The number of alkyl halides is 1. The van der Waals surface area contributed by atoms with E-state index < -0.39 is 0 Å². The fourth-order valence-electron chi connectivity index (χ4n) is 4.63. The van der Waals surface area contributed by atoms with Crippen LogP contribution in [0.15, 0.2) is 11.1 Å². The number of hydrogen-bond acceptors (Lipinski definition) is 0. The average Bonchev–Trinajstić information content (AvgIpc) is 2.23. The predicted molar refractivity (Wildman–Crippen MR) is 73.1 cm³/mol. The second kappa shape index (κ2) is 3.24. The number of rotatable bonds is 1. The van der Waals surface area contributed by atoms with E-state index in [4.69, 9.17) is 0 Å². The molecular weight excluding hydrogens is 295 g/mol. The maximum Gasteiger partial charge on any atom is 0.0172 e. The first kappa shape index (κ1) is 10.6. The van der Waals surface area contributed by atoms with Crippen molar-refractivity contribution in [3.8, 4) is 0 Å². The summed E-state index contributed by atoms with van der Waals surface area (Å²) in [7, 11) is 0. The molecule has 0 aliphatic heterocycles. The lowest BCUT2D eigenvalue weighted by Crippen LogP contribution is -2.66. The van der Waals surface area contributed by atoms with E-state index in [9.17, 15) is 0 Å². The zero-order valence-corrected chi connectivity index (χ0v) is 12.3. The van der Waals surface area contributed by atoms with E-state index in [-0.39, 0.29) is 0 Å². The number of halogens is 1. The third-order valence-electron chi connectivity index (χ3n) is 5.80. The lowest BCUT2D eigenvalue weighted by molar-refractivity contribution is -0.146. The molecule has 2 saturated carbocycles. The Balaban J connectivity index is 1.76. The van der Waals surface area contributed by atoms with Crippen molar-refractivity contribution in [1.29, 1.82) is 0 Å². The molecule has 0 N–H and O–H groups in total. The molecule has 0 nitrogen and oxygen atoms in total. The number of hydrogen-bond donors (Lipinski definition) is 0. The molecule has 2 fully saturated rings. The van der Waals surface area contributed by atoms with Gasteiger partial charge in [0.2, 0.25) is 0 Å². The van der Waals surface area contributed by atoms with E-state index in [1.165, 1.54) is 6.42 Å². The van der Waals surface area contributed by atoms with Gasteiger partial charge in [0, 0.05) is 3.92 Å². The topological polar surface area (TPSA) is 0 Å². The normalized spacial score (nSPS) is 57.8. The van der Waals surface area contributed by atoms with E-state index >= 15 is 0 Å². The van der Waals surface area contributed by atoms with Crippen molar-refractivity contribution < 1.29 is 0 Å². The smallest absolute Gasteiger partial charge is 0.0172 e. The number of fused-ring (bicyclic) bond motifs is 1. The molecule has 3 aliphatic rings. The van der Waals surface area contributed by atoms with Gasteiger partial charge < -0.3 is 0 Å². The summed E-state index contributed by atoms with van der Waals surface area (Å²) in [6, 6.07) is 0. The Morgan fingerprint density at radius 3 is 2.20 bits per heavy atom. The van der Waals surface area contributed by atoms with Gasteiger partial charge in [0.1, 0.15) is 0 Å². The first-order valence-electron chi connectivity index (χ1n) is 6.34. The highest BCUT2D eigenvalue weighted by atomic mass is 127. The van der Waals surface area contributed by atoms with Gasteiger partial charge in [-0.05, 0) is 55.8 Å². The summed E-state index contributed by atoms with van der Waals surface area (Å²) in [6.45, 7) is 9.65. The van der Waals surface area contributed by atoms with Gasteiger partial charge in [-0.2, -0.15) is 0 Å². The maximum atomic E-state index is 2.71. The van der Waals surface area contributed by atoms with Crippen molar-refractivity contribution in [2.24, 2.45) is 35.5 Å². The summed E-state index contributed by atoms with van der Waals surface area (Å²) >= 11 is 2.71. The van der Waals surface area contributed by atoms with Crippen LogP contribution in [0.5, 0.6) is 0 Å². The molecule has 0 bridgehead atoms. The molecule has 15 heavy (non-hydrogen) atoms. The predicted octanol–water partition coefficient (Wildman–Crippen LogP) is 4.29. The van der Waals surface area contributed by atoms with Crippen LogP contribution in [-0.2, 0) is 0 Å². The summed E-state index contributed by atoms with van der Waals surface area (Å²) in [4.78, 5) is 0. The highest BCUT2D eigenvalue weighted by Gasteiger charge is 2.64. The van der Waals surface area contributed by atoms with Crippen LogP contribution >= 0.6 is 22.6 Å². The average molecular weight is 316 g/mol. The first-order chi connectivity index (χ1) is 7.04. The molecule has 0 radical (unpaired) electrons. The molecule has 0 saturated heterocycles. The molecule has 0 spiro atoms. The standard InChI is InChI=1S/C14H21I/c1-6-5-10(7(6)2)12-8(3)11-9(4)14(15)13(11)12/h8-14H,5H2,1-4H3. The van der Waals surface area contributed by atoms with Crippen LogP contribution in [0, 0.1) is 35.5 Å². The molecule has 1 heteroatoms. The summed E-state index contributed by atoms with van der Waals surface area (Å²) in [6.07, 6.45) is 1.40. The minimum absolute atomic E-state index is 0.964. The molecule has 84 valence electrons. The van der Waals surface area contributed by atoms with Crippen molar-refractivity contribution in [3.63, 3.8) is 0 Å². The first-order valence-corrected chi connectivity index (χ1v) is 7.59. The molecule has 7 unspecified atom stereocenters. The van der Waals surface area contributed by atoms with Crippen LogP contribution in [0.2, 0.25) is 0 Å². The fraction of sp³-hybridized carbons (Fsp3) is 0.857. The Morgan fingerprint density at radius 2 is 1.67 bits per heavy atom. The zero-order valence-electron chi connectivity index (χ0n) is 10.1. The molecule has 7 atom stereocenters. The minimum Gasteiger partial charge on any atom is -0.0820 e. The van der Waals surface area contributed by atoms with Gasteiger partial charge >= 0.3 is 0 Å². The molecule has 0 heterocycles.